The zero-order valence-corrected chi connectivity index (χ0v) is 14.5. The van der Waals surface area contributed by atoms with E-state index >= 15 is 0 Å². The summed E-state index contributed by atoms with van der Waals surface area (Å²) in [6.07, 6.45) is 5.18. The number of hydrogen-bond acceptors (Lipinski definition) is 4. The third kappa shape index (κ3) is 3.70. The van der Waals surface area contributed by atoms with Gasteiger partial charge in [-0.15, -0.1) is 0 Å². The van der Waals surface area contributed by atoms with E-state index in [9.17, 15) is 0 Å². The summed E-state index contributed by atoms with van der Waals surface area (Å²) < 4.78 is 6.10. The minimum Gasteiger partial charge on any atom is -0.477 e. The van der Waals surface area contributed by atoms with Gasteiger partial charge in [0, 0.05) is 35.9 Å². The maximum atomic E-state index is 6.10. The highest BCUT2D eigenvalue weighted by molar-refractivity contribution is 6.30. The van der Waals surface area contributed by atoms with Crippen LogP contribution >= 0.6 is 11.6 Å². The first kappa shape index (κ1) is 15.9. The average Bonchev–Trinajstić information content (AvgIpc) is 3.43. The van der Waals surface area contributed by atoms with Gasteiger partial charge >= 0.3 is 0 Å². The van der Waals surface area contributed by atoms with E-state index < -0.39 is 0 Å². The van der Waals surface area contributed by atoms with E-state index in [4.69, 9.17) is 26.3 Å². The van der Waals surface area contributed by atoms with E-state index in [0.717, 1.165) is 49.1 Å². The molecule has 0 bridgehead atoms. The first-order valence-electron chi connectivity index (χ1n) is 8.77. The predicted molar refractivity (Wildman–Crippen MR) is 94.9 cm³/mol. The highest BCUT2D eigenvalue weighted by atomic mass is 35.5. The van der Waals surface area contributed by atoms with Crippen molar-refractivity contribution in [3.8, 4) is 5.88 Å². The van der Waals surface area contributed by atoms with Gasteiger partial charge in [0.25, 0.3) is 0 Å². The Morgan fingerprint density at radius 2 is 1.88 bits per heavy atom. The van der Waals surface area contributed by atoms with Crippen LogP contribution in [-0.2, 0) is 19.3 Å². The van der Waals surface area contributed by atoms with Crippen LogP contribution < -0.4 is 10.1 Å². The first-order chi connectivity index (χ1) is 11.8. The molecular formula is C19H22ClN3O. The molecule has 2 aromatic rings. The molecule has 0 atom stereocenters. The zero-order chi connectivity index (χ0) is 16.4. The van der Waals surface area contributed by atoms with Crippen molar-refractivity contribution in [1.82, 2.24) is 15.3 Å². The first-order valence-corrected chi connectivity index (χ1v) is 9.15. The van der Waals surface area contributed by atoms with Crippen molar-refractivity contribution < 1.29 is 4.74 Å². The smallest absolute Gasteiger partial charge is 0.220 e. The fourth-order valence-electron chi connectivity index (χ4n) is 3.09. The summed E-state index contributed by atoms with van der Waals surface area (Å²) in [5.74, 6) is 2.34. The lowest BCUT2D eigenvalue weighted by Crippen LogP contribution is -2.16. The molecule has 0 radical (unpaired) electrons. The van der Waals surface area contributed by atoms with E-state index in [-0.39, 0.29) is 0 Å². The Balaban J connectivity index is 1.50. The Kier molecular flexibility index (Phi) is 4.67. The summed E-state index contributed by atoms with van der Waals surface area (Å²) in [5.41, 5.74) is 3.60. The normalized spacial score (nSPS) is 17.2. The summed E-state index contributed by atoms with van der Waals surface area (Å²) in [7, 11) is 0. The summed E-state index contributed by atoms with van der Waals surface area (Å²) in [5, 5.41) is 4.20. The minimum atomic E-state index is 0.546. The SMILES string of the molecule is Clc1ccc(CCOc2nc(C3CC3)nc3c2CCNCC3)cc1. The molecule has 1 N–H and O–H groups in total. The van der Waals surface area contributed by atoms with E-state index in [2.05, 4.69) is 5.32 Å². The van der Waals surface area contributed by atoms with E-state index in [1.807, 2.05) is 24.3 Å². The van der Waals surface area contributed by atoms with Gasteiger partial charge in [0.15, 0.2) is 0 Å². The molecule has 4 rings (SSSR count). The van der Waals surface area contributed by atoms with Crippen molar-refractivity contribution in [3.05, 3.63) is 51.9 Å². The number of fused-ring (bicyclic) bond motifs is 1. The quantitative estimate of drug-likeness (QED) is 0.904. The number of halogens is 1. The van der Waals surface area contributed by atoms with Crippen molar-refractivity contribution in [2.45, 2.75) is 38.0 Å². The third-order valence-corrected chi connectivity index (χ3v) is 4.90. The van der Waals surface area contributed by atoms with Crippen molar-refractivity contribution >= 4 is 11.6 Å². The predicted octanol–water partition coefficient (Wildman–Crippen LogP) is 3.32. The third-order valence-electron chi connectivity index (χ3n) is 4.65. The largest absolute Gasteiger partial charge is 0.477 e. The Hall–Kier alpha value is -1.65. The van der Waals surface area contributed by atoms with Crippen LogP contribution in [-0.4, -0.2) is 29.7 Å². The second kappa shape index (κ2) is 7.08. The molecule has 5 heteroatoms. The van der Waals surface area contributed by atoms with Gasteiger partial charge in [-0.3, -0.25) is 0 Å². The molecule has 1 fully saturated rings. The van der Waals surface area contributed by atoms with Crippen molar-refractivity contribution in [1.29, 1.82) is 0 Å². The molecule has 4 nitrogen and oxygen atoms in total. The molecule has 1 aromatic heterocycles. The number of rotatable bonds is 5. The second-order valence-electron chi connectivity index (χ2n) is 6.56. The van der Waals surface area contributed by atoms with Crippen LogP contribution in [0.15, 0.2) is 24.3 Å². The Morgan fingerprint density at radius 1 is 1.08 bits per heavy atom. The van der Waals surface area contributed by atoms with Crippen LogP contribution in [0, 0.1) is 0 Å². The summed E-state index contributed by atoms with van der Waals surface area (Å²) >= 11 is 5.94. The van der Waals surface area contributed by atoms with Crippen molar-refractivity contribution in [2.24, 2.45) is 0 Å². The van der Waals surface area contributed by atoms with Gasteiger partial charge in [0.1, 0.15) is 5.82 Å². The van der Waals surface area contributed by atoms with E-state index in [0.29, 0.717) is 12.5 Å². The number of benzene rings is 1. The highest BCUT2D eigenvalue weighted by Crippen LogP contribution is 2.39. The lowest BCUT2D eigenvalue weighted by atomic mass is 10.1. The zero-order valence-electron chi connectivity index (χ0n) is 13.7. The molecule has 0 saturated heterocycles. The maximum Gasteiger partial charge on any atom is 0.220 e. The summed E-state index contributed by atoms with van der Waals surface area (Å²) in [4.78, 5) is 9.58. The second-order valence-corrected chi connectivity index (χ2v) is 7.00. The molecule has 126 valence electrons. The topological polar surface area (TPSA) is 47.0 Å². The molecule has 24 heavy (non-hydrogen) atoms. The molecule has 1 aliphatic heterocycles. The van der Waals surface area contributed by atoms with Crippen molar-refractivity contribution in [2.75, 3.05) is 19.7 Å². The van der Waals surface area contributed by atoms with Crippen LogP contribution in [0.5, 0.6) is 5.88 Å². The van der Waals surface area contributed by atoms with E-state index in [1.54, 1.807) is 0 Å². The monoisotopic (exact) mass is 343 g/mol. The van der Waals surface area contributed by atoms with Gasteiger partial charge in [-0.2, -0.15) is 4.98 Å². The fraction of sp³-hybridized carbons (Fsp3) is 0.474. The number of aromatic nitrogens is 2. The number of hydrogen-bond donors (Lipinski definition) is 1. The maximum absolute atomic E-state index is 6.10. The molecule has 1 aliphatic carbocycles. The fourth-order valence-corrected chi connectivity index (χ4v) is 3.22. The van der Waals surface area contributed by atoms with Gasteiger partial charge in [-0.1, -0.05) is 23.7 Å². The van der Waals surface area contributed by atoms with Gasteiger partial charge in [-0.05, 0) is 43.5 Å². The Labute approximate surface area is 147 Å². The number of ether oxygens (including phenoxy) is 1. The van der Waals surface area contributed by atoms with Gasteiger partial charge in [-0.25, -0.2) is 4.98 Å². The van der Waals surface area contributed by atoms with Crippen molar-refractivity contribution in [3.63, 3.8) is 0 Å². The molecule has 0 unspecified atom stereocenters. The standard InChI is InChI=1S/C19H22ClN3O/c20-15-5-1-13(2-6-15)9-12-24-19-16-7-10-21-11-8-17(16)22-18(23-19)14-3-4-14/h1-2,5-6,14,21H,3-4,7-12H2. The highest BCUT2D eigenvalue weighted by Gasteiger charge is 2.29. The van der Waals surface area contributed by atoms with E-state index in [1.165, 1.54) is 29.7 Å². The molecule has 1 aromatic carbocycles. The molecule has 0 amide bonds. The van der Waals surface area contributed by atoms with Crippen LogP contribution in [0.3, 0.4) is 0 Å². The van der Waals surface area contributed by atoms with Gasteiger partial charge in [0.05, 0.1) is 12.3 Å². The lowest BCUT2D eigenvalue weighted by molar-refractivity contribution is 0.303. The average molecular weight is 344 g/mol. The summed E-state index contributed by atoms with van der Waals surface area (Å²) in [6.45, 7) is 2.58. The van der Waals surface area contributed by atoms with Crippen LogP contribution in [0.2, 0.25) is 5.02 Å². The molecular weight excluding hydrogens is 322 g/mol. The molecule has 2 heterocycles. The van der Waals surface area contributed by atoms with Crippen LogP contribution in [0.4, 0.5) is 0 Å². The minimum absolute atomic E-state index is 0.546. The molecule has 0 spiro atoms. The molecule has 1 saturated carbocycles. The summed E-state index contributed by atoms with van der Waals surface area (Å²) in [6, 6.07) is 7.94. The van der Waals surface area contributed by atoms with Gasteiger partial charge < -0.3 is 10.1 Å². The van der Waals surface area contributed by atoms with Crippen LogP contribution in [0.25, 0.3) is 0 Å². The Morgan fingerprint density at radius 3 is 2.67 bits per heavy atom. The van der Waals surface area contributed by atoms with Crippen LogP contribution in [0.1, 0.15) is 41.4 Å². The van der Waals surface area contributed by atoms with Gasteiger partial charge in [0.2, 0.25) is 5.88 Å². The Bertz CT molecular complexity index is 713. The number of nitrogens with zero attached hydrogens (tertiary/aromatic N) is 2. The number of nitrogens with one attached hydrogen (secondary N) is 1. The molecule has 2 aliphatic rings. The lowest BCUT2D eigenvalue weighted by Gasteiger charge is -2.14.